The maximum atomic E-state index is 10.0. The number of aromatic hydroxyl groups is 1. The van der Waals surface area contributed by atoms with E-state index < -0.39 is 0 Å². The van der Waals surface area contributed by atoms with Gasteiger partial charge in [0.2, 0.25) is 0 Å². The standard InChI is InChI=1S/C15H21NO/c1-11-8-9-12(2)15(17)14(11)10-16-13-6-4-3-5-7-13/h8-10,13,17H,3-7H2,1-2H3. The Labute approximate surface area is 103 Å². The largest absolute Gasteiger partial charge is 0.507 e. The highest BCUT2D eigenvalue weighted by Gasteiger charge is 2.12. The average molecular weight is 231 g/mol. The van der Waals surface area contributed by atoms with Gasteiger partial charge in [-0.05, 0) is 37.8 Å². The van der Waals surface area contributed by atoms with E-state index in [2.05, 4.69) is 4.99 Å². The van der Waals surface area contributed by atoms with Crippen molar-refractivity contribution in [2.24, 2.45) is 4.99 Å². The molecule has 1 aromatic rings. The first kappa shape index (κ1) is 12.2. The lowest BCUT2D eigenvalue weighted by atomic mass is 9.96. The highest BCUT2D eigenvalue weighted by molar-refractivity contribution is 5.86. The molecule has 0 aliphatic heterocycles. The Morgan fingerprint density at radius 1 is 1.12 bits per heavy atom. The van der Waals surface area contributed by atoms with Crippen LogP contribution in [0.3, 0.4) is 0 Å². The molecule has 1 aliphatic rings. The Balaban J connectivity index is 2.17. The van der Waals surface area contributed by atoms with Crippen LogP contribution in [0.1, 0.15) is 48.8 Å². The summed E-state index contributed by atoms with van der Waals surface area (Å²) >= 11 is 0. The number of phenols is 1. The van der Waals surface area contributed by atoms with Crippen LogP contribution in [0.15, 0.2) is 17.1 Å². The number of phenolic OH excluding ortho intramolecular Hbond substituents is 1. The first-order valence-corrected chi connectivity index (χ1v) is 6.51. The van der Waals surface area contributed by atoms with Gasteiger partial charge in [0, 0.05) is 17.8 Å². The summed E-state index contributed by atoms with van der Waals surface area (Å²) in [5.41, 5.74) is 2.89. The molecule has 92 valence electrons. The van der Waals surface area contributed by atoms with Gasteiger partial charge >= 0.3 is 0 Å². The van der Waals surface area contributed by atoms with E-state index in [4.69, 9.17) is 0 Å². The number of rotatable bonds is 2. The van der Waals surface area contributed by atoms with Crippen molar-refractivity contribution in [2.75, 3.05) is 0 Å². The number of nitrogens with zero attached hydrogens (tertiary/aromatic N) is 1. The van der Waals surface area contributed by atoms with Crippen molar-refractivity contribution >= 4 is 6.21 Å². The fraction of sp³-hybridized carbons (Fsp3) is 0.533. The summed E-state index contributed by atoms with van der Waals surface area (Å²) in [5.74, 6) is 0.379. The third-order valence-electron chi connectivity index (χ3n) is 3.63. The first-order valence-electron chi connectivity index (χ1n) is 6.51. The van der Waals surface area contributed by atoms with Crippen molar-refractivity contribution in [1.82, 2.24) is 0 Å². The maximum absolute atomic E-state index is 10.0. The summed E-state index contributed by atoms with van der Waals surface area (Å²) in [5, 5.41) is 10.0. The van der Waals surface area contributed by atoms with Crippen LogP contribution in [-0.2, 0) is 0 Å². The monoisotopic (exact) mass is 231 g/mol. The number of aryl methyl sites for hydroxylation is 2. The molecule has 17 heavy (non-hydrogen) atoms. The van der Waals surface area contributed by atoms with E-state index in [9.17, 15) is 5.11 Å². The van der Waals surface area contributed by atoms with Crippen molar-refractivity contribution in [3.63, 3.8) is 0 Å². The van der Waals surface area contributed by atoms with E-state index in [1.165, 1.54) is 32.1 Å². The summed E-state index contributed by atoms with van der Waals surface area (Å²) < 4.78 is 0. The molecule has 1 aliphatic carbocycles. The molecule has 1 fully saturated rings. The van der Waals surface area contributed by atoms with Crippen molar-refractivity contribution in [3.05, 3.63) is 28.8 Å². The normalized spacial score (nSPS) is 17.8. The zero-order valence-corrected chi connectivity index (χ0v) is 10.7. The Morgan fingerprint density at radius 3 is 2.47 bits per heavy atom. The van der Waals surface area contributed by atoms with Crippen LogP contribution in [0.25, 0.3) is 0 Å². The highest BCUT2D eigenvalue weighted by atomic mass is 16.3. The van der Waals surface area contributed by atoms with Crippen LogP contribution >= 0.6 is 0 Å². The fourth-order valence-corrected chi connectivity index (χ4v) is 2.39. The second-order valence-corrected chi connectivity index (χ2v) is 5.03. The van der Waals surface area contributed by atoms with E-state index in [1.54, 1.807) is 0 Å². The molecule has 0 atom stereocenters. The fourth-order valence-electron chi connectivity index (χ4n) is 2.39. The molecule has 0 amide bonds. The minimum absolute atomic E-state index is 0.379. The molecule has 2 rings (SSSR count). The molecule has 2 nitrogen and oxygen atoms in total. The van der Waals surface area contributed by atoms with Crippen molar-refractivity contribution in [2.45, 2.75) is 52.0 Å². The highest BCUT2D eigenvalue weighted by Crippen LogP contribution is 2.25. The Morgan fingerprint density at radius 2 is 1.76 bits per heavy atom. The van der Waals surface area contributed by atoms with Gasteiger partial charge in [-0.25, -0.2) is 0 Å². The molecule has 1 N–H and O–H groups in total. The lowest BCUT2D eigenvalue weighted by Crippen LogP contribution is -2.09. The number of aliphatic imine (C=N–C) groups is 1. The quantitative estimate of drug-likeness (QED) is 0.772. The van der Waals surface area contributed by atoms with Crippen LogP contribution in [0.2, 0.25) is 0 Å². The Kier molecular flexibility index (Phi) is 3.82. The van der Waals surface area contributed by atoms with Gasteiger partial charge in [0.15, 0.2) is 0 Å². The molecule has 0 radical (unpaired) electrons. The number of hydrogen-bond donors (Lipinski definition) is 1. The molecule has 0 heterocycles. The molecular formula is C15H21NO. The minimum atomic E-state index is 0.379. The molecule has 0 bridgehead atoms. The maximum Gasteiger partial charge on any atom is 0.127 e. The average Bonchev–Trinajstić information content (AvgIpc) is 2.35. The van der Waals surface area contributed by atoms with Gasteiger partial charge in [-0.3, -0.25) is 4.99 Å². The van der Waals surface area contributed by atoms with E-state index in [0.717, 1.165) is 16.7 Å². The van der Waals surface area contributed by atoms with Gasteiger partial charge in [-0.1, -0.05) is 31.4 Å². The molecular weight excluding hydrogens is 210 g/mol. The molecule has 1 saturated carbocycles. The van der Waals surface area contributed by atoms with Gasteiger partial charge in [0.25, 0.3) is 0 Å². The zero-order valence-electron chi connectivity index (χ0n) is 10.7. The minimum Gasteiger partial charge on any atom is -0.507 e. The first-order chi connectivity index (χ1) is 8.18. The number of benzene rings is 1. The molecule has 0 aromatic heterocycles. The van der Waals surface area contributed by atoms with Crippen LogP contribution in [-0.4, -0.2) is 17.4 Å². The van der Waals surface area contributed by atoms with Crippen molar-refractivity contribution in [1.29, 1.82) is 0 Å². The lowest BCUT2D eigenvalue weighted by Gasteiger charge is -2.17. The topological polar surface area (TPSA) is 32.6 Å². The Bertz CT molecular complexity index is 417. The molecule has 0 spiro atoms. The van der Waals surface area contributed by atoms with E-state index in [0.29, 0.717) is 11.8 Å². The van der Waals surface area contributed by atoms with Crippen LogP contribution in [0, 0.1) is 13.8 Å². The zero-order chi connectivity index (χ0) is 12.3. The van der Waals surface area contributed by atoms with Gasteiger partial charge in [-0.15, -0.1) is 0 Å². The number of hydrogen-bond acceptors (Lipinski definition) is 2. The summed E-state index contributed by atoms with van der Waals surface area (Å²) in [6, 6.07) is 4.45. The molecule has 2 heteroatoms. The van der Waals surface area contributed by atoms with E-state index in [1.807, 2.05) is 32.2 Å². The van der Waals surface area contributed by atoms with Crippen molar-refractivity contribution in [3.8, 4) is 5.75 Å². The summed E-state index contributed by atoms with van der Waals surface area (Å²) in [6.07, 6.45) is 8.19. The SMILES string of the molecule is Cc1ccc(C)c(C=NC2CCCCC2)c1O. The Hall–Kier alpha value is -1.31. The summed E-state index contributed by atoms with van der Waals surface area (Å²) in [7, 11) is 0. The van der Waals surface area contributed by atoms with Crippen molar-refractivity contribution < 1.29 is 5.11 Å². The molecule has 1 aromatic carbocycles. The van der Waals surface area contributed by atoms with E-state index >= 15 is 0 Å². The summed E-state index contributed by atoms with van der Waals surface area (Å²) in [4.78, 5) is 4.63. The van der Waals surface area contributed by atoms with E-state index in [-0.39, 0.29) is 0 Å². The lowest BCUT2D eigenvalue weighted by molar-refractivity contribution is 0.444. The third kappa shape index (κ3) is 2.87. The second kappa shape index (κ2) is 5.35. The smallest absolute Gasteiger partial charge is 0.127 e. The predicted octanol–water partition coefficient (Wildman–Crippen LogP) is 3.76. The third-order valence-corrected chi connectivity index (χ3v) is 3.63. The van der Waals surface area contributed by atoms with Gasteiger partial charge < -0.3 is 5.11 Å². The summed E-state index contributed by atoms with van der Waals surface area (Å²) in [6.45, 7) is 3.94. The van der Waals surface area contributed by atoms with Crippen LogP contribution in [0.5, 0.6) is 5.75 Å². The predicted molar refractivity (Wildman–Crippen MR) is 72.0 cm³/mol. The second-order valence-electron chi connectivity index (χ2n) is 5.03. The van der Waals surface area contributed by atoms with Gasteiger partial charge in [0.1, 0.15) is 5.75 Å². The van der Waals surface area contributed by atoms with Crippen LogP contribution < -0.4 is 0 Å². The van der Waals surface area contributed by atoms with Crippen LogP contribution in [0.4, 0.5) is 0 Å². The van der Waals surface area contributed by atoms with Gasteiger partial charge in [-0.2, -0.15) is 0 Å². The molecule has 0 unspecified atom stereocenters. The molecule has 0 saturated heterocycles. The van der Waals surface area contributed by atoms with Gasteiger partial charge in [0.05, 0.1) is 0 Å².